The molecule has 0 radical (unpaired) electrons. The summed E-state index contributed by atoms with van der Waals surface area (Å²) in [6.45, 7) is 1.37. The smallest absolute Gasteiger partial charge is 0.253 e. The lowest BCUT2D eigenvalue weighted by atomic mass is 9.99. The summed E-state index contributed by atoms with van der Waals surface area (Å²) in [5.41, 5.74) is 6.32. The van der Waals surface area contributed by atoms with Gasteiger partial charge < -0.3 is 10.6 Å². The molecule has 22 heavy (non-hydrogen) atoms. The largest absolute Gasteiger partial charge is 0.369 e. The Morgan fingerprint density at radius 2 is 2.14 bits per heavy atom. The molecule has 1 aromatic rings. The van der Waals surface area contributed by atoms with Gasteiger partial charge in [-0.1, -0.05) is 0 Å². The van der Waals surface area contributed by atoms with Crippen molar-refractivity contribution in [3.05, 3.63) is 30.1 Å². The van der Waals surface area contributed by atoms with Crippen LogP contribution < -0.4 is 5.73 Å². The molecule has 0 spiro atoms. The Morgan fingerprint density at radius 3 is 2.77 bits per heavy atom. The molecule has 0 bridgehead atoms. The molecule has 0 saturated carbocycles. The summed E-state index contributed by atoms with van der Waals surface area (Å²) in [5, 5.41) is 0. The van der Waals surface area contributed by atoms with Crippen molar-refractivity contribution in [1.29, 1.82) is 0 Å². The number of carbonyl (C=O) groups is 2. The van der Waals surface area contributed by atoms with Gasteiger partial charge in [-0.05, 0) is 30.9 Å². The lowest BCUT2D eigenvalue weighted by molar-refractivity contribution is -0.126. The van der Waals surface area contributed by atoms with E-state index >= 15 is 0 Å². The lowest BCUT2D eigenvalue weighted by Crippen LogP contribution is -2.36. The summed E-state index contributed by atoms with van der Waals surface area (Å²) < 4.78 is 0. The monoisotopic (exact) mass is 301 g/mol. The average molecular weight is 301 g/mol. The average Bonchev–Trinajstić information content (AvgIpc) is 3.09. The van der Waals surface area contributed by atoms with E-state index in [-0.39, 0.29) is 23.7 Å². The number of nitrogens with two attached hydrogens (primary N) is 1. The van der Waals surface area contributed by atoms with Crippen molar-refractivity contribution in [3.8, 4) is 0 Å². The molecular weight excluding hydrogens is 282 g/mol. The molecule has 1 aromatic heterocycles. The minimum atomic E-state index is -0.397. The topological polar surface area (TPSA) is 91.9 Å². The van der Waals surface area contributed by atoms with Crippen LogP contribution in [-0.4, -0.2) is 58.7 Å². The third kappa shape index (κ3) is 2.66. The molecule has 2 atom stereocenters. The fourth-order valence-corrected chi connectivity index (χ4v) is 2.99. The highest BCUT2D eigenvalue weighted by atomic mass is 16.2. The molecule has 2 amide bonds. The van der Waals surface area contributed by atoms with E-state index in [2.05, 4.69) is 9.98 Å². The van der Waals surface area contributed by atoms with Crippen LogP contribution in [-0.2, 0) is 4.79 Å². The fraction of sp³-hybridized carbons (Fsp3) is 0.467. The van der Waals surface area contributed by atoms with Gasteiger partial charge in [0.05, 0.1) is 0 Å². The SMILES string of the molecule is CN1C(=O)[C@H](C[C@@H]2CCN(C(=O)c3ccncc3)C2)N=C1N. The second kappa shape index (κ2) is 5.75. The van der Waals surface area contributed by atoms with Crippen LogP contribution in [0.2, 0.25) is 0 Å². The molecule has 2 N–H and O–H groups in total. The standard InChI is InChI=1S/C15H19N5O2/c1-19-14(22)12(18-15(19)16)8-10-4-7-20(9-10)13(21)11-2-5-17-6-3-11/h2-3,5-6,10,12H,4,7-9H2,1H3,(H2,16,18)/t10-,12-/m0/s1. The first-order chi connectivity index (χ1) is 10.6. The van der Waals surface area contributed by atoms with Crippen molar-refractivity contribution in [2.24, 2.45) is 16.6 Å². The van der Waals surface area contributed by atoms with E-state index < -0.39 is 6.04 Å². The second-order valence-corrected chi connectivity index (χ2v) is 5.78. The number of likely N-dealkylation sites (tertiary alicyclic amines) is 1. The number of likely N-dealkylation sites (N-methyl/N-ethyl adjacent to an activating group) is 1. The normalized spacial score (nSPS) is 24.8. The lowest BCUT2D eigenvalue weighted by Gasteiger charge is -2.17. The Kier molecular flexibility index (Phi) is 3.79. The molecule has 2 aliphatic rings. The minimum Gasteiger partial charge on any atom is -0.369 e. The van der Waals surface area contributed by atoms with E-state index in [1.165, 1.54) is 4.90 Å². The molecule has 0 aromatic carbocycles. The Bertz CT molecular complexity index is 616. The number of nitrogens with zero attached hydrogens (tertiary/aromatic N) is 4. The van der Waals surface area contributed by atoms with Gasteiger partial charge in [0.1, 0.15) is 6.04 Å². The van der Waals surface area contributed by atoms with Gasteiger partial charge >= 0.3 is 0 Å². The zero-order chi connectivity index (χ0) is 15.7. The van der Waals surface area contributed by atoms with E-state index in [4.69, 9.17) is 5.73 Å². The highest BCUT2D eigenvalue weighted by Gasteiger charge is 2.35. The number of amides is 2. The first-order valence-corrected chi connectivity index (χ1v) is 7.36. The molecule has 7 nitrogen and oxygen atoms in total. The number of carbonyl (C=O) groups excluding carboxylic acids is 2. The maximum atomic E-state index is 12.4. The third-order valence-corrected chi connectivity index (χ3v) is 4.30. The molecule has 116 valence electrons. The van der Waals surface area contributed by atoms with Gasteiger partial charge in [0.15, 0.2) is 5.96 Å². The van der Waals surface area contributed by atoms with Gasteiger partial charge in [-0.15, -0.1) is 0 Å². The van der Waals surface area contributed by atoms with Crippen LogP contribution in [0.5, 0.6) is 0 Å². The van der Waals surface area contributed by atoms with Crippen LogP contribution >= 0.6 is 0 Å². The van der Waals surface area contributed by atoms with Gasteiger partial charge in [0, 0.05) is 38.1 Å². The predicted octanol–water partition coefficient (Wildman–Crippen LogP) is 0.0891. The maximum absolute atomic E-state index is 12.4. The Balaban J connectivity index is 1.59. The molecule has 0 aliphatic carbocycles. The summed E-state index contributed by atoms with van der Waals surface area (Å²) in [4.78, 5) is 35.7. The Morgan fingerprint density at radius 1 is 1.41 bits per heavy atom. The van der Waals surface area contributed by atoms with Crippen molar-refractivity contribution in [2.75, 3.05) is 20.1 Å². The molecule has 2 aliphatic heterocycles. The Hall–Kier alpha value is -2.44. The quantitative estimate of drug-likeness (QED) is 0.856. The minimum absolute atomic E-state index is 0.0165. The molecule has 1 fully saturated rings. The number of hydrogen-bond acceptors (Lipinski definition) is 5. The molecule has 0 unspecified atom stereocenters. The fourth-order valence-electron chi connectivity index (χ4n) is 2.99. The van der Waals surface area contributed by atoms with Gasteiger partial charge in [0.25, 0.3) is 11.8 Å². The molecule has 7 heteroatoms. The number of aliphatic imine (C=N–C) groups is 1. The van der Waals surface area contributed by atoms with Gasteiger partial charge in [-0.2, -0.15) is 0 Å². The van der Waals surface area contributed by atoms with E-state index in [0.717, 1.165) is 6.42 Å². The summed E-state index contributed by atoms with van der Waals surface area (Å²) in [6.07, 6.45) is 4.76. The van der Waals surface area contributed by atoms with Gasteiger partial charge in [-0.25, -0.2) is 4.99 Å². The van der Waals surface area contributed by atoms with Crippen LogP contribution in [0.3, 0.4) is 0 Å². The van der Waals surface area contributed by atoms with Crippen LogP contribution in [0.25, 0.3) is 0 Å². The van der Waals surface area contributed by atoms with Crippen molar-refractivity contribution in [1.82, 2.24) is 14.8 Å². The molecular formula is C15H19N5O2. The summed E-state index contributed by atoms with van der Waals surface area (Å²) in [5.74, 6) is 0.514. The van der Waals surface area contributed by atoms with Crippen LogP contribution in [0.15, 0.2) is 29.5 Å². The van der Waals surface area contributed by atoms with E-state index in [1.807, 2.05) is 4.90 Å². The summed E-state index contributed by atoms with van der Waals surface area (Å²) >= 11 is 0. The predicted molar refractivity (Wildman–Crippen MR) is 81.0 cm³/mol. The number of hydrogen-bond donors (Lipinski definition) is 1. The number of pyridine rings is 1. The summed E-state index contributed by atoms with van der Waals surface area (Å²) in [7, 11) is 1.63. The van der Waals surface area contributed by atoms with Crippen molar-refractivity contribution >= 4 is 17.8 Å². The van der Waals surface area contributed by atoms with Crippen LogP contribution in [0.4, 0.5) is 0 Å². The molecule has 3 rings (SSSR count). The maximum Gasteiger partial charge on any atom is 0.253 e. The second-order valence-electron chi connectivity index (χ2n) is 5.78. The van der Waals surface area contributed by atoms with Gasteiger partial charge in [-0.3, -0.25) is 19.5 Å². The van der Waals surface area contributed by atoms with Crippen molar-refractivity contribution < 1.29 is 9.59 Å². The van der Waals surface area contributed by atoms with Crippen molar-refractivity contribution in [2.45, 2.75) is 18.9 Å². The van der Waals surface area contributed by atoms with Crippen LogP contribution in [0.1, 0.15) is 23.2 Å². The Labute approximate surface area is 128 Å². The van der Waals surface area contributed by atoms with Crippen LogP contribution in [0, 0.1) is 5.92 Å². The molecule has 1 saturated heterocycles. The number of rotatable bonds is 3. The third-order valence-electron chi connectivity index (χ3n) is 4.30. The van der Waals surface area contributed by atoms with Crippen molar-refractivity contribution in [3.63, 3.8) is 0 Å². The van der Waals surface area contributed by atoms with Gasteiger partial charge in [0.2, 0.25) is 0 Å². The number of aromatic nitrogens is 1. The number of guanidine groups is 1. The first kappa shape index (κ1) is 14.5. The van der Waals surface area contributed by atoms with E-state index in [9.17, 15) is 9.59 Å². The zero-order valence-electron chi connectivity index (χ0n) is 12.5. The highest BCUT2D eigenvalue weighted by Crippen LogP contribution is 2.25. The van der Waals surface area contributed by atoms with E-state index in [1.54, 1.807) is 31.6 Å². The van der Waals surface area contributed by atoms with E-state index in [0.29, 0.717) is 25.1 Å². The highest BCUT2D eigenvalue weighted by molar-refractivity contribution is 6.03. The molecule has 3 heterocycles. The summed E-state index contributed by atoms with van der Waals surface area (Å²) in [6, 6.07) is 3.04. The first-order valence-electron chi connectivity index (χ1n) is 7.36. The zero-order valence-corrected chi connectivity index (χ0v) is 12.5.